The minimum absolute atomic E-state index is 0.148. The van der Waals surface area contributed by atoms with Gasteiger partial charge in [0.2, 0.25) is 6.79 Å². The second kappa shape index (κ2) is 6.42. The van der Waals surface area contributed by atoms with E-state index in [9.17, 15) is 9.18 Å². The van der Waals surface area contributed by atoms with Gasteiger partial charge in [-0.2, -0.15) is 0 Å². The summed E-state index contributed by atoms with van der Waals surface area (Å²) < 4.78 is 23.5. The van der Waals surface area contributed by atoms with E-state index in [4.69, 9.17) is 21.1 Å². The van der Waals surface area contributed by atoms with Crippen LogP contribution in [0.25, 0.3) is 6.08 Å². The molecule has 1 amide bonds. The number of aliphatic imine (C=N–C) groups is 1. The minimum atomic E-state index is -0.343. The molecule has 2 aromatic carbocycles. The lowest BCUT2D eigenvalue weighted by molar-refractivity contribution is -0.115. The van der Waals surface area contributed by atoms with Crippen LogP contribution in [0, 0.1) is 5.82 Å². The highest BCUT2D eigenvalue weighted by Gasteiger charge is 2.25. The zero-order valence-corrected chi connectivity index (χ0v) is 14.2. The molecule has 2 aliphatic heterocycles. The van der Waals surface area contributed by atoms with Crippen LogP contribution in [-0.4, -0.2) is 17.9 Å². The van der Waals surface area contributed by atoms with E-state index in [0.717, 1.165) is 0 Å². The maximum atomic E-state index is 12.9. The molecule has 126 valence electrons. The third kappa shape index (κ3) is 3.33. The number of hydrogen-bond donors (Lipinski definition) is 1. The van der Waals surface area contributed by atoms with Crippen molar-refractivity contribution < 1.29 is 18.7 Å². The number of carbonyl (C=O) groups excluding carboxylic acids is 1. The number of halogens is 2. The van der Waals surface area contributed by atoms with Gasteiger partial charge in [0.15, 0.2) is 16.7 Å². The molecule has 1 fully saturated rings. The standard InChI is InChI=1S/C17H10ClFN2O3S/c18-12-7-14-13(23-8-24-14)5-9(12)6-15-16(22)21-17(25-15)20-11-3-1-10(19)2-4-11/h1-7H,8H2,(H,20,21,22)/b15-6-. The van der Waals surface area contributed by atoms with E-state index in [1.165, 1.54) is 36.0 Å². The molecule has 0 aliphatic carbocycles. The Balaban J connectivity index is 1.60. The summed E-state index contributed by atoms with van der Waals surface area (Å²) in [5, 5.41) is 3.54. The van der Waals surface area contributed by atoms with Gasteiger partial charge in [-0.3, -0.25) is 4.79 Å². The van der Waals surface area contributed by atoms with Crippen molar-refractivity contribution in [3.63, 3.8) is 0 Å². The van der Waals surface area contributed by atoms with Crippen LogP contribution in [0.3, 0.4) is 0 Å². The SMILES string of the molecule is O=C1NC(=Nc2ccc(F)cc2)S/C1=C\c1cc2c(cc1Cl)OCO2. The van der Waals surface area contributed by atoms with Crippen LogP contribution in [0.15, 0.2) is 46.3 Å². The first-order valence-corrected chi connectivity index (χ1v) is 8.42. The summed E-state index contributed by atoms with van der Waals surface area (Å²) in [6.45, 7) is 0.148. The summed E-state index contributed by atoms with van der Waals surface area (Å²) in [7, 11) is 0. The number of amides is 1. The first kappa shape index (κ1) is 16.0. The molecule has 0 aromatic heterocycles. The Hall–Kier alpha value is -2.51. The molecule has 0 bridgehead atoms. The molecule has 1 saturated heterocycles. The van der Waals surface area contributed by atoms with Crippen molar-refractivity contribution in [1.82, 2.24) is 5.32 Å². The van der Waals surface area contributed by atoms with Gasteiger partial charge in [0.25, 0.3) is 5.91 Å². The van der Waals surface area contributed by atoms with Gasteiger partial charge in [0, 0.05) is 6.07 Å². The smallest absolute Gasteiger partial charge is 0.264 e. The van der Waals surface area contributed by atoms with Crippen LogP contribution in [0.1, 0.15) is 5.56 Å². The van der Waals surface area contributed by atoms with Crippen molar-refractivity contribution in [3.8, 4) is 11.5 Å². The fourth-order valence-electron chi connectivity index (χ4n) is 2.30. The first-order valence-electron chi connectivity index (χ1n) is 7.23. The summed E-state index contributed by atoms with van der Waals surface area (Å²) >= 11 is 7.41. The Labute approximate surface area is 151 Å². The lowest BCUT2D eigenvalue weighted by atomic mass is 10.2. The van der Waals surface area contributed by atoms with Crippen molar-refractivity contribution in [1.29, 1.82) is 0 Å². The van der Waals surface area contributed by atoms with Gasteiger partial charge >= 0.3 is 0 Å². The van der Waals surface area contributed by atoms with Gasteiger partial charge in [-0.15, -0.1) is 0 Å². The number of thioether (sulfide) groups is 1. The number of nitrogens with one attached hydrogen (secondary N) is 1. The van der Waals surface area contributed by atoms with Gasteiger partial charge in [0.1, 0.15) is 5.82 Å². The van der Waals surface area contributed by atoms with Crippen LogP contribution in [0.4, 0.5) is 10.1 Å². The summed E-state index contributed by atoms with van der Waals surface area (Å²) in [5.41, 5.74) is 1.19. The number of amidine groups is 1. The molecule has 0 atom stereocenters. The Morgan fingerprint density at radius 3 is 2.68 bits per heavy atom. The topological polar surface area (TPSA) is 59.9 Å². The normalized spacial score (nSPS) is 18.9. The maximum absolute atomic E-state index is 12.9. The van der Waals surface area contributed by atoms with Crippen LogP contribution < -0.4 is 14.8 Å². The molecule has 2 aromatic rings. The Morgan fingerprint density at radius 2 is 1.92 bits per heavy atom. The highest BCUT2D eigenvalue weighted by molar-refractivity contribution is 8.18. The van der Waals surface area contributed by atoms with E-state index in [1.54, 1.807) is 18.2 Å². The highest BCUT2D eigenvalue weighted by atomic mass is 35.5. The van der Waals surface area contributed by atoms with Gasteiger partial charge in [-0.05, 0) is 53.7 Å². The van der Waals surface area contributed by atoms with Crippen LogP contribution in [0.5, 0.6) is 11.5 Å². The fourth-order valence-corrected chi connectivity index (χ4v) is 3.34. The molecule has 1 N–H and O–H groups in total. The number of carbonyl (C=O) groups is 1. The predicted molar refractivity (Wildman–Crippen MR) is 94.8 cm³/mol. The molecule has 8 heteroatoms. The Kier molecular flexibility index (Phi) is 4.10. The third-order valence-electron chi connectivity index (χ3n) is 3.49. The van der Waals surface area contributed by atoms with Crippen molar-refractivity contribution in [3.05, 3.63) is 57.7 Å². The molecule has 0 unspecified atom stereocenters. The molecule has 4 rings (SSSR count). The van der Waals surface area contributed by atoms with Gasteiger partial charge < -0.3 is 14.8 Å². The molecule has 0 spiro atoms. The van der Waals surface area contributed by atoms with E-state index in [1.807, 2.05) is 0 Å². The molecule has 0 radical (unpaired) electrons. The zero-order chi connectivity index (χ0) is 17.4. The second-order valence-corrected chi connectivity index (χ2v) is 6.62. The average Bonchev–Trinajstić information content (AvgIpc) is 3.16. The van der Waals surface area contributed by atoms with Crippen molar-refractivity contribution >= 4 is 46.2 Å². The zero-order valence-electron chi connectivity index (χ0n) is 12.6. The van der Waals surface area contributed by atoms with Crippen LogP contribution in [0.2, 0.25) is 5.02 Å². The van der Waals surface area contributed by atoms with E-state index in [-0.39, 0.29) is 18.5 Å². The van der Waals surface area contributed by atoms with E-state index < -0.39 is 0 Å². The predicted octanol–water partition coefficient (Wildman–Crippen LogP) is 4.10. The fraction of sp³-hybridized carbons (Fsp3) is 0.0588. The first-order chi connectivity index (χ1) is 12.1. The molecule has 0 saturated carbocycles. The Morgan fingerprint density at radius 1 is 1.20 bits per heavy atom. The van der Waals surface area contributed by atoms with E-state index >= 15 is 0 Å². The number of hydrogen-bond acceptors (Lipinski definition) is 5. The number of rotatable bonds is 2. The summed E-state index contributed by atoms with van der Waals surface area (Å²) in [4.78, 5) is 16.9. The molecular formula is C17H10ClFN2O3S. The van der Waals surface area contributed by atoms with Gasteiger partial charge in [-0.1, -0.05) is 11.6 Å². The lowest BCUT2D eigenvalue weighted by Gasteiger charge is -2.02. The monoisotopic (exact) mass is 376 g/mol. The molecule has 25 heavy (non-hydrogen) atoms. The van der Waals surface area contributed by atoms with Crippen LogP contribution >= 0.6 is 23.4 Å². The van der Waals surface area contributed by atoms with Crippen molar-refractivity contribution in [2.75, 3.05) is 6.79 Å². The summed E-state index contributed by atoms with van der Waals surface area (Å²) in [6, 6.07) is 9.06. The molecule has 5 nitrogen and oxygen atoms in total. The summed E-state index contributed by atoms with van der Waals surface area (Å²) in [6.07, 6.45) is 1.66. The summed E-state index contributed by atoms with van der Waals surface area (Å²) in [5.74, 6) is 0.541. The highest BCUT2D eigenvalue weighted by Crippen LogP contribution is 2.38. The third-order valence-corrected chi connectivity index (χ3v) is 4.72. The van der Waals surface area contributed by atoms with Gasteiger partial charge in [-0.25, -0.2) is 9.38 Å². The number of fused-ring (bicyclic) bond motifs is 1. The Bertz CT molecular complexity index is 928. The molecule has 2 heterocycles. The minimum Gasteiger partial charge on any atom is -0.454 e. The lowest BCUT2D eigenvalue weighted by Crippen LogP contribution is -2.19. The molecular weight excluding hydrogens is 367 g/mol. The van der Waals surface area contributed by atoms with E-state index in [2.05, 4.69) is 10.3 Å². The van der Waals surface area contributed by atoms with Gasteiger partial charge in [0.05, 0.1) is 15.6 Å². The molecule has 2 aliphatic rings. The number of nitrogens with zero attached hydrogens (tertiary/aromatic N) is 1. The number of ether oxygens (including phenoxy) is 2. The van der Waals surface area contributed by atoms with E-state index in [0.29, 0.717) is 37.8 Å². The maximum Gasteiger partial charge on any atom is 0.264 e. The average molecular weight is 377 g/mol. The largest absolute Gasteiger partial charge is 0.454 e. The van der Waals surface area contributed by atoms with Crippen molar-refractivity contribution in [2.24, 2.45) is 4.99 Å². The van der Waals surface area contributed by atoms with Crippen LogP contribution in [-0.2, 0) is 4.79 Å². The number of benzene rings is 2. The quantitative estimate of drug-likeness (QED) is 0.802. The van der Waals surface area contributed by atoms with Crippen molar-refractivity contribution in [2.45, 2.75) is 0 Å². The second-order valence-electron chi connectivity index (χ2n) is 5.19.